The van der Waals surface area contributed by atoms with Crippen molar-refractivity contribution >= 4 is 99.5 Å². The SMILES string of the molecule is c1ccc(-c2ccc(N(c3ccc(-c4cccc(-c5cc(-c6cc(-c7ccc(N(c8ccc(-c9cccc%10ccccc9%10)cc8)c8ccc(-c9cccc%10ccccc9%10)cc8)cc7)ccc6-c6ccccc6)c6oc7ccccc7c6c5)c4)cc3)c3ccc(-c4ccc(-c5ccccc5)c(-c5cccc6c5oc5ccccc56)c4)cc3)cc2-c2ccccc2)cc1. The minimum absolute atomic E-state index is 0.842. The van der Waals surface area contributed by atoms with Crippen LogP contribution in [0.3, 0.4) is 0 Å². The van der Waals surface area contributed by atoms with Crippen molar-refractivity contribution in [2.75, 3.05) is 9.80 Å². The highest BCUT2D eigenvalue weighted by Gasteiger charge is 2.25. The van der Waals surface area contributed by atoms with E-state index in [0.717, 1.165) is 184 Å². The Morgan fingerprint density at radius 1 is 0.127 bits per heavy atom. The Balaban J connectivity index is 0.607. The first-order chi connectivity index (χ1) is 62.4. The molecule has 2 heterocycles. The van der Waals surface area contributed by atoms with E-state index < -0.39 is 0 Å². The molecule has 0 spiro atoms. The fourth-order valence-electron chi connectivity index (χ4n) is 18.9. The van der Waals surface area contributed by atoms with Crippen LogP contribution in [0.25, 0.3) is 199 Å². The quantitative estimate of drug-likeness (QED) is 0.0857. The van der Waals surface area contributed by atoms with E-state index in [1.807, 2.05) is 6.07 Å². The lowest BCUT2D eigenvalue weighted by Crippen LogP contribution is -2.10. The number of para-hydroxylation sites is 3. The van der Waals surface area contributed by atoms with Crippen LogP contribution in [-0.4, -0.2) is 0 Å². The van der Waals surface area contributed by atoms with Crippen LogP contribution in [0.1, 0.15) is 0 Å². The fraction of sp³-hybridized carbons (Fsp3) is 0. The van der Waals surface area contributed by atoms with Crippen molar-refractivity contribution in [1.29, 1.82) is 0 Å². The highest BCUT2D eigenvalue weighted by Crippen LogP contribution is 2.50. The largest absolute Gasteiger partial charge is 0.455 e. The van der Waals surface area contributed by atoms with Crippen LogP contribution in [0.15, 0.2) is 494 Å². The molecule has 0 atom stereocenters. The second-order valence-corrected chi connectivity index (χ2v) is 32.5. The molecule has 4 heteroatoms. The molecular formula is C122H80N2O2. The summed E-state index contributed by atoms with van der Waals surface area (Å²) in [7, 11) is 0. The molecule has 0 saturated carbocycles. The minimum Gasteiger partial charge on any atom is -0.455 e. The van der Waals surface area contributed by atoms with Gasteiger partial charge in [0.15, 0.2) is 0 Å². The Hall–Kier alpha value is -16.7. The molecule has 0 unspecified atom stereocenters. The Morgan fingerprint density at radius 3 is 0.889 bits per heavy atom. The van der Waals surface area contributed by atoms with Gasteiger partial charge in [-0.05, 0) is 259 Å². The van der Waals surface area contributed by atoms with Crippen molar-refractivity contribution in [2.24, 2.45) is 0 Å². The van der Waals surface area contributed by atoms with E-state index in [2.05, 4.69) is 489 Å². The van der Waals surface area contributed by atoms with Gasteiger partial charge in [0.25, 0.3) is 0 Å². The molecule has 0 N–H and O–H groups in total. The second-order valence-electron chi connectivity index (χ2n) is 32.5. The molecule has 0 aliphatic carbocycles. The fourth-order valence-corrected chi connectivity index (χ4v) is 18.9. The third-order valence-corrected chi connectivity index (χ3v) is 25.1. The summed E-state index contributed by atoms with van der Waals surface area (Å²) in [4.78, 5) is 4.77. The van der Waals surface area contributed by atoms with Crippen molar-refractivity contribution in [2.45, 2.75) is 0 Å². The lowest BCUT2D eigenvalue weighted by molar-refractivity contribution is 0.669. The van der Waals surface area contributed by atoms with Crippen molar-refractivity contribution in [3.05, 3.63) is 485 Å². The van der Waals surface area contributed by atoms with Crippen molar-refractivity contribution < 1.29 is 8.83 Å². The maximum Gasteiger partial charge on any atom is 0.143 e. The van der Waals surface area contributed by atoms with Gasteiger partial charge < -0.3 is 18.6 Å². The number of hydrogen-bond acceptors (Lipinski definition) is 4. The number of hydrogen-bond donors (Lipinski definition) is 0. The lowest BCUT2D eigenvalue weighted by Gasteiger charge is -2.27. The Labute approximate surface area is 732 Å². The number of rotatable bonds is 18. The number of nitrogens with zero attached hydrogens (tertiary/aromatic N) is 2. The van der Waals surface area contributed by atoms with Gasteiger partial charge in [0, 0.05) is 66.8 Å². The first kappa shape index (κ1) is 74.4. The predicted octanol–water partition coefficient (Wildman–Crippen LogP) is 34.7. The van der Waals surface area contributed by atoms with Crippen molar-refractivity contribution in [1.82, 2.24) is 0 Å². The van der Waals surface area contributed by atoms with E-state index in [1.165, 1.54) is 49.4 Å². The molecular weight excluding hydrogens is 1530 g/mol. The zero-order chi connectivity index (χ0) is 83.4. The van der Waals surface area contributed by atoms with Gasteiger partial charge in [0.05, 0.1) is 0 Å². The molecule has 0 aliphatic heterocycles. The van der Waals surface area contributed by atoms with Gasteiger partial charge in [-0.25, -0.2) is 0 Å². The van der Waals surface area contributed by atoms with Gasteiger partial charge in [-0.1, -0.05) is 370 Å². The number of furan rings is 2. The minimum atomic E-state index is 0.842. The second kappa shape index (κ2) is 32.1. The summed E-state index contributed by atoms with van der Waals surface area (Å²) in [6.45, 7) is 0. The van der Waals surface area contributed by atoms with Crippen LogP contribution in [0.4, 0.5) is 34.1 Å². The van der Waals surface area contributed by atoms with Gasteiger partial charge in [-0.2, -0.15) is 0 Å². The monoisotopic (exact) mass is 1600 g/mol. The van der Waals surface area contributed by atoms with Gasteiger partial charge in [-0.15, -0.1) is 0 Å². The average molecular weight is 1610 g/mol. The normalized spacial score (nSPS) is 11.5. The van der Waals surface area contributed by atoms with E-state index in [4.69, 9.17) is 8.83 Å². The van der Waals surface area contributed by atoms with E-state index >= 15 is 0 Å². The summed E-state index contributed by atoms with van der Waals surface area (Å²) >= 11 is 0. The zero-order valence-electron chi connectivity index (χ0n) is 68.9. The molecule has 0 bridgehead atoms. The summed E-state index contributed by atoms with van der Waals surface area (Å²) in [6.07, 6.45) is 0. The molecule has 0 radical (unpaired) electrons. The smallest absolute Gasteiger partial charge is 0.143 e. The Bertz CT molecular complexity index is 7880. The highest BCUT2D eigenvalue weighted by atomic mass is 16.3. The van der Waals surface area contributed by atoms with Crippen LogP contribution >= 0.6 is 0 Å². The average Bonchev–Trinajstić information content (AvgIpc) is 1.56. The number of anilines is 6. The van der Waals surface area contributed by atoms with Gasteiger partial charge in [0.1, 0.15) is 22.3 Å². The molecule has 23 rings (SSSR count). The number of fused-ring (bicyclic) bond motifs is 8. The molecule has 2 aromatic heterocycles. The number of benzene rings is 21. The lowest BCUT2D eigenvalue weighted by atomic mass is 9.88. The summed E-state index contributed by atoms with van der Waals surface area (Å²) in [5.74, 6) is 0. The van der Waals surface area contributed by atoms with Gasteiger partial charge >= 0.3 is 0 Å². The van der Waals surface area contributed by atoms with Gasteiger partial charge in [0.2, 0.25) is 0 Å². The maximum atomic E-state index is 7.11. The highest BCUT2D eigenvalue weighted by molar-refractivity contribution is 6.14. The summed E-state index contributed by atoms with van der Waals surface area (Å²) in [5, 5.41) is 9.25. The van der Waals surface area contributed by atoms with Crippen LogP contribution < -0.4 is 9.80 Å². The predicted molar refractivity (Wildman–Crippen MR) is 531 cm³/mol. The summed E-state index contributed by atoms with van der Waals surface area (Å²) in [5.41, 5.74) is 36.6. The zero-order valence-corrected chi connectivity index (χ0v) is 68.9. The molecule has 0 fully saturated rings. The van der Waals surface area contributed by atoms with E-state index in [-0.39, 0.29) is 0 Å². The van der Waals surface area contributed by atoms with E-state index in [9.17, 15) is 0 Å². The van der Waals surface area contributed by atoms with Crippen LogP contribution in [0.5, 0.6) is 0 Å². The van der Waals surface area contributed by atoms with Crippen LogP contribution in [0.2, 0.25) is 0 Å². The molecule has 4 nitrogen and oxygen atoms in total. The van der Waals surface area contributed by atoms with E-state index in [1.54, 1.807) is 0 Å². The molecule has 23 aromatic rings. The van der Waals surface area contributed by atoms with Crippen LogP contribution in [0, 0.1) is 0 Å². The summed E-state index contributed by atoms with van der Waals surface area (Å²) < 4.78 is 13.8. The standard InChI is InChI=1S/C122H80N2O2/c1-5-25-84(26-6-1)107-74-71-102(80-114(107)89-31-11-4-12-32-89)124(101-65-53-82(54-66-101)94-59-72-108(85-27-7-2-8-28-85)115(76-94)113-46-24-45-112-110-41-17-19-47-119(110)125-121(112)113)100-63-49-81(50-64-100)92-37-21-38-93(75-92)96-78-117-111-42-18-20-48-120(111)126-122(117)118(79-96)116-77-95(60-73-109(116)86-29-9-3-10-30-86)83-51-61-97(62-52-83)123(98-67-55-90(56-68-98)105-43-22-35-87-33-13-15-39-103(87)105)99-69-57-91(58-70-99)106-44-23-36-88-34-14-16-40-104(88)106/h1-80H. The summed E-state index contributed by atoms with van der Waals surface area (Å²) in [6, 6.07) is 177. The first-order valence-corrected chi connectivity index (χ1v) is 43.1. The third kappa shape index (κ3) is 13.8. The molecule has 126 heavy (non-hydrogen) atoms. The molecule has 590 valence electrons. The third-order valence-electron chi connectivity index (χ3n) is 25.1. The van der Waals surface area contributed by atoms with E-state index in [0.29, 0.717) is 0 Å². The maximum absolute atomic E-state index is 7.11. The van der Waals surface area contributed by atoms with Gasteiger partial charge in [-0.3, -0.25) is 0 Å². The topological polar surface area (TPSA) is 32.8 Å². The first-order valence-electron chi connectivity index (χ1n) is 43.1. The van der Waals surface area contributed by atoms with Crippen molar-refractivity contribution in [3.8, 4) is 134 Å². The molecule has 21 aromatic carbocycles. The molecule has 0 amide bonds. The Kier molecular flexibility index (Phi) is 18.9. The Morgan fingerprint density at radius 2 is 0.413 bits per heavy atom. The molecule has 0 saturated heterocycles. The van der Waals surface area contributed by atoms with Crippen LogP contribution in [-0.2, 0) is 0 Å². The van der Waals surface area contributed by atoms with Crippen molar-refractivity contribution in [3.63, 3.8) is 0 Å². The molecule has 0 aliphatic rings.